The molecule has 0 aliphatic carbocycles. The van der Waals surface area contributed by atoms with Crippen LogP contribution in [0.5, 0.6) is 0 Å². The van der Waals surface area contributed by atoms with Crippen LogP contribution in [0.2, 0.25) is 5.15 Å². The molecule has 2 rings (SSSR count). The van der Waals surface area contributed by atoms with Crippen LogP contribution in [0, 0.1) is 20.8 Å². The molecule has 0 unspecified atom stereocenters. The molecule has 3 nitrogen and oxygen atoms in total. The standard InChI is InChI=1S/C14H14ClF3N2O/c1-7-4-8(2)11(9(3)5-7)20-13(15)10(6-21)12(19-20)14(16,17)18/h4-5,21H,6H2,1-3H3. The highest BCUT2D eigenvalue weighted by Gasteiger charge is 2.39. The zero-order valence-corrected chi connectivity index (χ0v) is 12.5. The van der Waals surface area contributed by atoms with Crippen LogP contribution in [0.1, 0.15) is 27.9 Å². The number of halogens is 4. The maximum Gasteiger partial charge on any atom is 0.435 e. The molecule has 0 fully saturated rings. The number of aliphatic hydroxyl groups is 1. The van der Waals surface area contributed by atoms with Crippen molar-refractivity contribution in [2.75, 3.05) is 0 Å². The summed E-state index contributed by atoms with van der Waals surface area (Å²) in [6, 6.07) is 3.68. The Morgan fingerprint density at radius 3 is 2.10 bits per heavy atom. The summed E-state index contributed by atoms with van der Waals surface area (Å²) >= 11 is 5.99. The summed E-state index contributed by atoms with van der Waals surface area (Å²) < 4.78 is 39.9. The lowest BCUT2D eigenvalue weighted by molar-refractivity contribution is -0.142. The first-order chi connectivity index (χ1) is 9.66. The Balaban J connectivity index is 2.75. The first kappa shape index (κ1) is 15.9. The van der Waals surface area contributed by atoms with Gasteiger partial charge in [-0.15, -0.1) is 0 Å². The normalized spacial score (nSPS) is 12.0. The van der Waals surface area contributed by atoms with E-state index in [1.807, 2.05) is 19.1 Å². The number of hydrogen-bond acceptors (Lipinski definition) is 2. The van der Waals surface area contributed by atoms with Crippen LogP contribution >= 0.6 is 11.6 Å². The van der Waals surface area contributed by atoms with Crippen molar-refractivity contribution in [1.29, 1.82) is 0 Å². The summed E-state index contributed by atoms with van der Waals surface area (Å²) in [5.41, 5.74) is 1.44. The molecule has 0 aliphatic rings. The first-order valence-corrected chi connectivity index (χ1v) is 6.58. The van der Waals surface area contributed by atoms with E-state index in [-0.39, 0.29) is 5.15 Å². The first-order valence-electron chi connectivity index (χ1n) is 6.20. The highest BCUT2D eigenvalue weighted by molar-refractivity contribution is 6.30. The van der Waals surface area contributed by atoms with Gasteiger partial charge in [-0.2, -0.15) is 18.3 Å². The summed E-state index contributed by atoms with van der Waals surface area (Å²) in [6.45, 7) is 4.63. The van der Waals surface area contributed by atoms with Crippen LogP contribution in [0.3, 0.4) is 0 Å². The molecule has 0 spiro atoms. The van der Waals surface area contributed by atoms with Crippen LogP contribution in [0.4, 0.5) is 13.2 Å². The largest absolute Gasteiger partial charge is 0.435 e. The quantitative estimate of drug-likeness (QED) is 0.910. The number of aromatic nitrogens is 2. The van der Waals surface area contributed by atoms with Gasteiger partial charge in [-0.05, 0) is 31.9 Å². The van der Waals surface area contributed by atoms with Gasteiger partial charge in [0.1, 0.15) is 5.15 Å². The summed E-state index contributed by atoms with van der Waals surface area (Å²) in [5.74, 6) is 0. The maximum absolute atomic E-state index is 13.0. The Morgan fingerprint density at radius 1 is 1.19 bits per heavy atom. The molecule has 0 saturated heterocycles. The lowest BCUT2D eigenvalue weighted by Crippen LogP contribution is -2.10. The molecule has 21 heavy (non-hydrogen) atoms. The highest BCUT2D eigenvalue weighted by Crippen LogP contribution is 2.36. The van der Waals surface area contributed by atoms with Gasteiger partial charge in [-0.3, -0.25) is 0 Å². The SMILES string of the molecule is Cc1cc(C)c(-n2nc(C(F)(F)F)c(CO)c2Cl)c(C)c1. The fourth-order valence-corrected chi connectivity index (χ4v) is 2.72. The minimum atomic E-state index is -4.67. The number of aliphatic hydroxyl groups excluding tert-OH is 1. The summed E-state index contributed by atoms with van der Waals surface area (Å²) in [6.07, 6.45) is -4.67. The lowest BCUT2D eigenvalue weighted by Gasteiger charge is -2.12. The Kier molecular flexibility index (Phi) is 4.04. The molecule has 0 aliphatic heterocycles. The zero-order chi connectivity index (χ0) is 15.9. The molecule has 1 aromatic carbocycles. The molecule has 114 valence electrons. The van der Waals surface area contributed by atoms with Crippen molar-refractivity contribution >= 4 is 11.6 Å². The molecular weight excluding hydrogens is 305 g/mol. The molecule has 1 N–H and O–H groups in total. The molecule has 0 atom stereocenters. The number of benzene rings is 1. The second-order valence-corrected chi connectivity index (χ2v) is 5.29. The fraction of sp³-hybridized carbons (Fsp3) is 0.357. The zero-order valence-electron chi connectivity index (χ0n) is 11.7. The average Bonchev–Trinajstić information content (AvgIpc) is 2.65. The summed E-state index contributed by atoms with van der Waals surface area (Å²) in [5, 5.41) is 12.5. The smallest absolute Gasteiger partial charge is 0.391 e. The van der Waals surface area contributed by atoms with E-state index >= 15 is 0 Å². The molecule has 1 aromatic heterocycles. The maximum atomic E-state index is 13.0. The second kappa shape index (κ2) is 5.35. The van der Waals surface area contributed by atoms with Gasteiger partial charge in [0.25, 0.3) is 0 Å². The Morgan fingerprint density at radius 2 is 1.71 bits per heavy atom. The molecule has 2 aromatic rings. The molecule has 0 saturated carbocycles. The number of hydrogen-bond donors (Lipinski definition) is 1. The number of aryl methyl sites for hydroxylation is 3. The second-order valence-electron chi connectivity index (χ2n) is 4.93. The summed E-state index contributed by atoms with van der Waals surface area (Å²) in [7, 11) is 0. The third kappa shape index (κ3) is 2.78. The van der Waals surface area contributed by atoms with Crippen molar-refractivity contribution in [3.63, 3.8) is 0 Å². The third-order valence-electron chi connectivity index (χ3n) is 3.19. The molecule has 0 radical (unpaired) electrons. The number of alkyl halides is 3. The predicted molar refractivity (Wildman–Crippen MR) is 73.7 cm³/mol. The monoisotopic (exact) mass is 318 g/mol. The van der Waals surface area contributed by atoms with Gasteiger partial charge < -0.3 is 5.11 Å². The predicted octanol–water partition coefficient (Wildman–Crippen LogP) is 3.96. The van der Waals surface area contributed by atoms with E-state index in [0.29, 0.717) is 5.69 Å². The van der Waals surface area contributed by atoms with Crippen LogP contribution < -0.4 is 0 Å². The highest BCUT2D eigenvalue weighted by atomic mass is 35.5. The van der Waals surface area contributed by atoms with Crippen molar-refractivity contribution in [3.8, 4) is 5.69 Å². The topological polar surface area (TPSA) is 38.0 Å². The van der Waals surface area contributed by atoms with Crippen LogP contribution in [-0.4, -0.2) is 14.9 Å². The van der Waals surface area contributed by atoms with Crippen molar-refractivity contribution in [1.82, 2.24) is 9.78 Å². The minimum Gasteiger partial charge on any atom is -0.391 e. The van der Waals surface area contributed by atoms with Gasteiger partial charge in [0, 0.05) is 5.56 Å². The van der Waals surface area contributed by atoms with Gasteiger partial charge >= 0.3 is 6.18 Å². The van der Waals surface area contributed by atoms with E-state index in [2.05, 4.69) is 5.10 Å². The Hall–Kier alpha value is -1.53. The Bertz CT molecular complexity index is 669. The molecular formula is C14H14ClF3N2O. The van der Waals surface area contributed by atoms with Crippen molar-refractivity contribution in [2.24, 2.45) is 0 Å². The molecule has 7 heteroatoms. The lowest BCUT2D eigenvalue weighted by atomic mass is 10.1. The van der Waals surface area contributed by atoms with Crippen LogP contribution in [0.15, 0.2) is 12.1 Å². The average molecular weight is 319 g/mol. The Labute approximate surface area is 125 Å². The summed E-state index contributed by atoms with van der Waals surface area (Å²) in [4.78, 5) is 0. The van der Waals surface area contributed by atoms with E-state index in [0.717, 1.165) is 21.4 Å². The molecule has 0 bridgehead atoms. The van der Waals surface area contributed by atoms with E-state index in [1.54, 1.807) is 13.8 Å². The van der Waals surface area contributed by atoms with Gasteiger partial charge in [-0.25, -0.2) is 4.68 Å². The van der Waals surface area contributed by atoms with Crippen molar-refractivity contribution in [3.05, 3.63) is 45.2 Å². The minimum absolute atomic E-state index is 0.222. The van der Waals surface area contributed by atoms with Crippen LogP contribution in [-0.2, 0) is 12.8 Å². The van der Waals surface area contributed by atoms with E-state index in [9.17, 15) is 13.2 Å². The fourth-order valence-electron chi connectivity index (χ4n) is 2.45. The van der Waals surface area contributed by atoms with Gasteiger partial charge in [0.05, 0.1) is 12.3 Å². The van der Waals surface area contributed by atoms with Gasteiger partial charge in [0.2, 0.25) is 0 Å². The number of nitrogens with zero attached hydrogens (tertiary/aromatic N) is 2. The van der Waals surface area contributed by atoms with Crippen molar-refractivity contribution in [2.45, 2.75) is 33.6 Å². The van der Waals surface area contributed by atoms with E-state index < -0.39 is 24.0 Å². The molecule has 0 amide bonds. The van der Waals surface area contributed by atoms with E-state index in [1.165, 1.54) is 0 Å². The van der Waals surface area contributed by atoms with Crippen LogP contribution in [0.25, 0.3) is 5.69 Å². The van der Waals surface area contributed by atoms with E-state index in [4.69, 9.17) is 16.7 Å². The van der Waals surface area contributed by atoms with Gasteiger partial charge in [0.15, 0.2) is 5.69 Å². The number of rotatable bonds is 2. The van der Waals surface area contributed by atoms with Crippen molar-refractivity contribution < 1.29 is 18.3 Å². The molecule has 1 heterocycles. The van der Waals surface area contributed by atoms with Gasteiger partial charge in [-0.1, -0.05) is 29.3 Å². The third-order valence-corrected chi connectivity index (χ3v) is 3.58.